The summed E-state index contributed by atoms with van der Waals surface area (Å²) in [5, 5.41) is 10.1. The Balaban J connectivity index is 1.95. The van der Waals surface area contributed by atoms with Crippen LogP contribution in [0.5, 0.6) is 5.75 Å². The van der Waals surface area contributed by atoms with Crippen LogP contribution in [-0.4, -0.2) is 23.2 Å². The van der Waals surface area contributed by atoms with Crippen LogP contribution in [0.15, 0.2) is 48.5 Å². The summed E-state index contributed by atoms with van der Waals surface area (Å²) in [6.07, 6.45) is -2.99. The van der Waals surface area contributed by atoms with Gasteiger partial charge in [0.25, 0.3) is 5.91 Å². The minimum absolute atomic E-state index is 0.118. The summed E-state index contributed by atoms with van der Waals surface area (Å²) in [5.74, 6) is 0.0701. The van der Waals surface area contributed by atoms with E-state index >= 15 is 0 Å². The molecule has 3 rings (SSSR count). The van der Waals surface area contributed by atoms with E-state index in [9.17, 15) is 18.0 Å². The van der Waals surface area contributed by atoms with Crippen LogP contribution in [-0.2, 0) is 12.6 Å². The summed E-state index contributed by atoms with van der Waals surface area (Å²) in [5.41, 5.74) is 1.73. The van der Waals surface area contributed by atoms with Crippen LogP contribution in [0.2, 0.25) is 0 Å². The number of carbonyl (C=O) groups excluding carboxylic acids is 1. The molecule has 0 saturated carbocycles. The van der Waals surface area contributed by atoms with Gasteiger partial charge in [-0.05, 0) is 42.8 Å². The van der Waals surface area contributed by atoms with Gasteiger partial charge in [0.2, 0.25) is 0 Å². The number of ether oxygens (including phenoxy) is 1. The number of nitrogens with one attached hydrogen (secondary N) is 2. The Kier molecular flexibility index (Phi) is 5.91. The monoisotopic (exact) mass is 403 g/mol. The molecule has 0 bridgehead atoms. The van der Waals surface area contributed by atoms with Crippen molar-refractivity contribution in [3.05, 3.63) is 65.4 Å². The second-order valence-corrected chi connectivity index (χ2v) is 6.41. The predicted molar refractivity (Wildman–Crippen MR) is 104 cm³/mol. The van der Waals surface area contributed by atoms with Gasteiger partial charge in [-0.1, -0.05) is 25.5 Å². The van der Waals surface area contributed by atoms with E-state index in [0.717, 1.165) is 36.4 Å². The molecule has 0 aliphatic carbocycles. The third kappa shape index (κ3) is 4.42. The maximum absolute atomic E-state index is 12.8. The van der Waals surface area contributed by atoms with Crippen LogP contribution in [0.4, 0.5) is 18.9 Å². The molecule has 1 amide bonds. The highest BCUT2D eigenvalue weighted by Crippen LogP contribution is 2.36. The SMILES string of the molecule is CCCc1[nH]nc(-c2ccccc2OC)c1NC(=O)c1ccc(C(F)(F)F)cc1. The maximum atomic E-state index is 12.8. The quantitative estimate of drug-likeness (QED) is 0.586. The second-order valence-electron chi connectivity index (χ2n) is 6.41. The molecule has 0 fully saturated rings. The summed E-state index contributed by atoms with van der Waals surface area (Å²) in [6, 6.07) is 11.3. The van der Waals surface area contributed by atoms with Crippen molar-refractivity contribution in [1.29, 1.82) is 0 Å². The zero-order chi connectivity index (χ0) is 21.0. The topological polar surface area (TPSA) is 67.0 Å². The van der Waals surface area contributed by atoms with Crippen molar-refractivity contribution in [1.82, 2.24) is 10.2 Å². The van der Waals surface area contributed by atoms with Gasteiger partial charge in [0, 0.05) is 11.1 Å². The lowest BCUT2D eigenvalue weighted by Gasteiger charge is -2.11. The molecule has 2 N–H and O–H groups in total. The number of methoxy groups -OCH3 is 1. The number of carbonyl (C=O) groups is 1. The van der Waals surface area contributed by atoms with Gasteiger partial charge in [0.15, 0.2) is 0 Å². The number of benzene rings is 2. The van der Waals surface area contributed by atoms with Gasteiger partial charge in [0.1, 0.15) is 11.4 Å². The highest BCUT2D eigenvalue weighted by molar-refractivity contribution is 6.06. The van der Waals surface area contributed by atoms with E-state index in [1.54, 1.807) is 13.2 Å². The number of hydrogen-bond acceptors (Lipinski definition) is 3. The highest BCUT2D eigenvalue weighted by atomic mass is 19.4. The smallest absolute Gasteiger partial charge is 0.416 e. The number of nitrogens with zero attached hydrogens (tertiary/aromatic N) is 1. The summed E-state index contributed by atoms with van der Waals surface area (Å²) in [4.78, 5) is 12.7. The van der Waals surface area contributed by atoms with Crippen LogP contribution in [0.1, 0.15) is 35.0 Å². The molecule has 152 valence electrons. The first-order chi connectivity index (χ1) is 13.8. The number of anilines is 1. The van der Waals surface area contributed by atoms with Crippen LogP contribution < -0.4 is 10.1 Å². The zero-order valence-electron chi connectivity index (χ0n) is 15.9. The number of aryl methyl sites for hydroxylation is 1. The number of rotatable bonds is 6. The van der Waals surface area contributed by atoms with Gasteiger partial charge >= 0.3 is 6.18 Å². The molecule has 0 atom stereocenters. The minimum atomic E-state index is -4.45. The molecule has 8 heteroatoms. The summed E-state index contributed by atoms with van der Waals surface area (Å²) < 4.78 is 43.6. The van der Waals surface area contributed by atoms with Crippen LogP contribution in [0.25, 0.3) is 11.3 Å². The van der Waals surface area contributed by atoms with Gasteiger partial charge in [-0.25, -0.2) is 0 Å². The first-order valence-electron chi connectivity index (χ1n) is 9.04. The number of aromatic nitrogens is 2. The maximum Gasteiger partial charge on any atom is 0.416 e. The Morgan fingerprint density at radius 3 is 2.45 bits per heavy atom. The van der Waals surface area contributed by atoms with Gasteiger partial charge in [0.05, 0.1) is 24.1 Å². The van der Waals surface area contributed by atoms with Crippen molar-refractivity contribution in [3.8, 4) is 17.0 Å². The number of aromatic amines is 1. The minimum Gasteiger partial charge on any atom is -0.496 e. The van der Waals surface area contributed by atoms with E-state index in [0.29, 0.717) is 29.1 Å². The van der Waals surface area contributed by atoms with Crippen LogP contribution >= 0.6 is 0 Å². The van der Waals surface area contributed by atoms with Crippen molar-refractivity contribution in [2.24, 2.45) is 0 Å². The summed E-state index contributed by atoms with van der Waals surface area (Å²) in [6.45, 7) is 1.99. The fourth-order valence-corrected chi connectivity index (χ4v) is 2.98. The van der Waals surface area contributed by atoms with Crippen molar-refractivity contribution >= 4 is 11.6 Å². The van der Waals surface area contributed by atoms with Gasteiger partial charge in [-0.15, -0.1) is 0 Å². The average molecular weight is 403 g/mol. The first kappa shape index (κ1) is 20.4. The zero-order valence-corrected chi connectivity index (χ0v) is 15.9. The van der Waals surface area contributed by atoms with Gasteiger partial charge < -0.3 is 10.1 Å². The van der Waals surface area contributed by atoms with E-state index in [1.165, 1.54) is 0 Å². The Hall–Kier alpha value is -3.29. The number of hydrogen-bond donors (Lipinski definition) is 2. The fraction of sp³-hybridized carbons (Fsp3) is 0.238. The lowest BCUT2D eigenvalue weighted by molar-refractivity contribution is -0.137. The number of para-hydroxylation sites is 1. The molecule has 5 nitrogen and oxygen atoms in total. The van der Waals surface area contributed by atoms with E-state index in [4.69, 9.17) is 4.74 Å². The lowest BCUT2D eigenvalue weighted by Crippen LogP contribution is -2.14. The number of amides is 1. The molecule has 1 heterocycles. The molecule has 0 unspecified atom stereocenters. The molecule has 0 aliphatic heterocycles. The van der Waals surface area contributed by atoms with Crippen molar-refractivity contribution in [2.75, 3.05) is 12.4 Å². The Bertz CT molecular complexity index is 995. The molecule has 0 aliphatic rings. The summed E-state index contributed by atoms with van der Waals surface area (Å²) in [7, 11) is 1.54. The molecule has 0 spiro atoms. The number of H-pyrrole nitrogens is 1. The van der Waals surface area contributed by atoms with Crippen molar-refractivity contribution in [3.63, 3.8) is 0 Å². The molecular weight excluding hydrogens is 383 g/mol. The Morgan fingerprint density at radius 2 is 1.83 bits per heavy atom. The van der Waals surface area contributed by atoms with E-state index in [-0.39, 0.29) is 5.56 Å². The fourth-order valence-electron chi connectivity index (χ4n) is 2.98. The highest BCUT2D eigenvalue weighted by Gasteiger charge is 2.30. The molecule has 0 radical (unpaired) electrons. The van der Waals surface area contributed by atoms with Crippen LogP contribution in [0, 0.1) is 0 Å². The number of halogens is 3. The van der Waals surface area contributed by atoms with E-state index in [2.05, 4.69) is 15.5 Å². The second kappa shape index (κ2) is 8.38. The van der Waals surface area contributed by atoms with Crippen molar-refractivity contribution in [2.45, 2.75) is 25.9 Å². The number of alkyl halides is 3. The van der Waals surface area contributed by atoms with Crippen molar-refractivity contribution < 1.29 is 22.7 Å². The third-order valence-corrected chi connectivity index (χ3v) is 4.42. The van der Waals surface area contributed by atoms with Gasteiger partial charge in [-0.3, -0.25) is 9.89 Å². The molecule has 29 heavy (non-hydrogen) atoms. The largest absolute Gasteiger partial charge is 0.496 e. The lowest BCUT2D eigenvalue weighted by atomic mass is 10.1. The first-order valence-corrected chi connectivity index (χ1v) is 9.04. The Morgan fingerprint density at radius 1 is 1.14 bits per heavy atom. The standard InChI is InChI=1S/C21H20F3N3O2/c1-3-6-16-19(18(27-26-16)15-7-4-5-8-17(15)29-2)25-20(28)13-9-11-14(12-10-13)21(22,23)24/h4-5,7-12H,3,6H2,1-2H3,(H,25,28)(H,26,27). The Labute approximate surface area is 165 Å². The normalized spacial score (nSPS) is 11.3. The van der Waals surface area contributed by atoms with E-state index in [1.807, 2.05) is 25.1 Å². The molecule has 3 aromatic rings. The van der Waals surface area contributed by atoms with E-state index < -0.39 is 17.6 Å². The molecule has 2 aromatic carbocycles. The van der Waals surface area contributed by atoms with Crippen LogP contribution in [0.3, 0.4) is 0 Å². The molecule has 0 saturated heterocycles. The molecule has 1 aromatic heterocycles. The third-order valence-electron chi connectivity index (χ3n) is 4.42. The van der Waals surface area contributed by atoms with Gasteiger partial charge in [-0.2, -0.15) is 18.3 Å². The molecular formula is C21H20F3N3O2. The predicted octanol–water partition coefficient (Wildman–Crippen LogP) is 5.31. The summed E-state index contributed by atoms with van der Waals surface area (Å²) >= 11 is 0. The average Bonchev–Trinajstić information content (AvgIpc) is 3.09.